The number of anilines is 1. The number of nitrogens with zero attached hydrogens (tertiary/aromatic N) is 2. The maximum Gasteiger partial charge on any atom is 0.133 e. The zero-order valence-corrected chi connectivity index (χ0v) is 15.6. The summed E-state index contributed by atoms with van der Waals surface area (Å²) in [5, 5.41) is 11.3. The normalized spacial score (nSPS) is 13.8. The average Bonchev–Trinajstić information content (AvgIpc) is 2.89. The Kier molecular flexibility index (Phi) is 3.93. The van der Waals surface area contributed by atoms with Crippen molar-refractivity contribution in [3.8, 4) is 16.9 Å². The zero-order chi connectivity index (χ0) is 18.2. The number of aromatic nitrogens is 2. The molecule has 134 valence electrons. The Morgan fingerprint density at radius 2 is 1.70 bits per heavy atom. The van der Waals surface area contributed by atoms with Gasteiger partial charge in [0, 0.05) is 17.7 Å². The number of fused-ring (bicyclic) bond motifs is 2. The van der Waals surface area contributed by atoms with E-state index >= 15 is 0 Å². The van der Waals surface area contributed by atoms with Crippen LogP contribution in [0.2, 0.25) is 0 Å². The highest BCUT2D eigenvalue weighted by atomic mass is 15.3. The van der Waals surface area contributed by atoms with Gasteiger partial charge >= 0.3 is 0 Å². The van der Waals surface area contributed by atoms with Crippen LogP contribution in [0, 0.1) is 6.92 Å². The Morgan fingerprint density at radius 3 is 2.59 bits per heavy atom. The van der Waals surface area contributed by atoms with Crippen molar-refractivity contribution in [3.05, 3.63) is 77.9 Å². The van der Waals surface area contributed by atoms with Gasteiger partial charge in [0.15, 0.2) is 0 Å². The summed E-state index contributed by atoms with van der Waals surface area (Å²) in [6.45, 7) is 3.12. The van der Waals surface area contributed by atoms with E-state index in [4.69, 9.17) is 5.10 Å². The third kappa shape index (κ3) is 2.80. The standard InChI is InChI=1S/C24H23N3/c1-17-12-14-19(15-13-17)27-24-22(10-4-5-16-25-24)23(26-27)21-11-6-8-18-7-2-3-9-20(18)21/h2-3,6-9,11-15,25H,4-5,10,16H2,1H3. The van der Waals surface area contributed by atoms with Crippen LogP contribution in [0.15, 0.2) is 66.7 Å². The summed E-state index contributed by atoms with van der Waals surface area (Å²) in [5.74, 6) is 1.15. The molecule has 0 unspecified atom stereocenters. The highest BCUT2D eigenvalue weighted by molar-refractivity contribution is 5.97. The maximum absolute atomic E-state index is 5.11. The van der Waals surface area contributed by atoms with Crippen molar-refractivity contribution in [2.24, 2.45) is 0 Å². The van der Waals surface area contributed by atoms with Crippen molar-refractivity contribution in [2.45, 2.75) is 26.2 Å². The van der Waals surface area contributed by atoms with Crippen LogP contribution >= 0.6 is 0 Å². The molecule has 1 N–H and O–H groups in total. The quantitative estimate of drug-likeness (QED) is 0.497. The van der Waals surface area contributed by atoms with Crippen LogP contribution in [0.3, 0.4) is 0 Å². The summed E-state index contributed by atoms with van der Waals surface area (Å²) in [5.41, 5.74) is 6.04. The minimum atomic E-state index is 1.000. The molecule has 4 aromatic rings. The van der Waals surface area contributed by atoms with Gasteiger partial charge in [-0.25, -0.2) is 4.68 Å². The molecule has 0 saturated carbocycles. The van der Waals surface area contributed by atoms with Crippen molar-refractivity contribution >= 4 is 16.6 Å². The van der Waals surface area contributed by atoms with Crippen LogP contribution < -0.4 is 5.32 Å². The first kappa shape index (κ1) is 16.1. The lowest BCUT2D eigenvalue weighted by Crippen LogP contribution is -2.07. The largest absolute Gasteiger partial charge is 0.370 e. The number of nitrogens with one attached hydrogen (secondary N) is 1. The van der Waals surface area contributed by atoms with E-state index in [9.17, 15) is 0 Å². The van der Waals surface area contributed by atoms with Crippen LogP contribution in [-0.4, -0.2) is 16.3 Å². The molecule has 0 radical (unpaired) electrons. The number of hydrogen-bond acceptors (Lipinski definition) is 2. The predicted molar refractivity (Wildman–Crippen MR) is 113 cm³/mol. The molecule has 1 aliphatic heterocycles. The van der Waals surface area contributed by atoms with Crippen molar-refractivity contribution in [1.82, 2.24) is 9.78 Å². The highest BCUT2D eigenvalue weighted by Gasteiger charge is 2.22. The Labute approximate surface area is 159 Å². The number of benzene rings is 3. The minimum absolute atomic E-state index is 1.000. The molecule has 0 amide bonds. The van der Waals surface area contributed by atoms with Gasteiger partial charge in [-0.1, -0.05) is 60.2 Å². The van der Waals surface area contributed by atoms with Gasteiger partial charge in [-0.15, -0.1) is 0 Å². The molecular weight excluding hydrogens is 330 g/mol. The molecule has 0 aliphatic carbocycles. The molecule has 1 aromatic heterocycles. The van der Waals surface area contributed by atoms with Gasteiger partial charge in [0.25, 0.3) is 0 Å². The fraction of sp³-hybridized carbons (Fsp3) is 0.208. The maximum atomic E-state index is 5.11. The second kappa shape index (κ2) is 6.58. The predicted octanol–water partition coefficient (Wildman–Crippen LogP) is 5.75. The smallest absolute Gasteiger partial charge is 0.133 e. The summed E-state index contributed by atoms with van der Waals surface area (Å²) in [7, 11) is 0. The van der Waals surface area contributed by atoms with Gasteiger partial charge in [-0.05, 0) is 49.1 Å². The monoisotopic (exact) mass is 353 g/mol. The summed E-state index contributed by atoms with van der Waals surface area (Å²) in [6.07, 6.45) is 3.45. The summed E-state index contributed by atoms with van der Waals surface area (Å²) in [6, 6.07) is 23.7. The van der Waals surface area contributed by atoms with Crippen LogP contribution in [0.25, 0.3) is 27.7 Å². The van der Waals surface area contributed by atoms with Crippen LogP contribution in [0.5, 0.6) is 0 Å². The lowest BCUT2D eigenvalue weighted by molar-refractivity contribution is 0.780. The van der Waals surface area contributed by atoms with E-state index in [1.165, 1.54) is 40.3 Å². The molecule has 0 saturated heterocycles. The fourth-order valence-corrected chi connectivity index (χ4v) is 4.02. The van der Waals surface area contributed by atoms with E-state index < -0.39 is 0 Å². The van der Waals surface area contributed by atoms with Gasteiger partial charge in [-0.3, -0.25) is 0 Å². The fourth-order valence-electron chi connectivity index (χ4n) is 4.02. The molecule has 0 fully saturated rings. The molecule has 5 rings (SSSR count). The van der Waals surface area contributed by atoms with Crippen LogP contribution in [0.4, 0.5) is 5.82 Å². The summed E-state index contributed by atoms with van der Waals surface area (Å²) < 4.78 is 2.09. The molecule has 0 bridgehead atoms. The topological polar surface area (TPSA) is 29.9 Å². The Hall–Kier alpha value is -3.07. The van der Waals surface area contributed by atoms with Crippen molar-refractivity contribution in [3.63, 3.8) is 0 Å². The molecule has 0 atom stereocenters. The molecule has 27 heavy (non-hydrogen) atoms. The zero-order valence-electron chi connectivity index (χ0n) is 15.6. The van der Waals surface area contributed by atoms with Crippen molar-refractivity contribution < 1.29 is 0 Å². The Morgan fingerprint density at radius 1 is 0.889 bits per heavy atom. The van der Waals surface area contributed by atoms with Crippen molar-refractivity contribution in [1.29, 1.82) is 0 Å². The molecule has 3 nitrogen and oxygen atoms in total. The molecule has 1 aliphatic rings. The van der Waals surface area contributed by atoms with Gasteiger partial charge in [0.05, 0.1) is 11.4 Å². The Bertz CT molecular complexity index is 1100. The first-order valence-electron chi connectivity index (χ1n) is 9.72. The van der Waals surface area contributed by atoms with E-state index in [1.807, 2.05) is 0 Å². The minimum Gasteiger partial charge on any atom is -0.370 e. The average molecular weight is 353 g/mol. The van der Waals surface area contributed by atoms with Gasteiger partial charge in [0.2, 0.25) is 0 Å². The molecule has 0 spiro atoms. The third-order valence-electron chi connectivity index (χ3n) is 5.45. The lowest BCUT2D eigenvalue weighted by atomic mass is 9.98. The second-order valence-corrected chi connectivity index (χ2v) is 7.33. The molecule has 2 heterocycles. The van der Waals surface area contributed by atoms with E-state index in [1.54, 1.807) is 0 Å². The highest BCUT2D eigenvalue weighted by Crippen LogP contribution is 2.37. The van der Waals surface area contributed by atoms with Gasteiger partial charge in [0.1, 0.15) is 5.82 Å². The third-order valence-corrected chi connectivity index (χ3v) is 5.45. The summed E-state index contributed by atoms with van der Waals surface area (Å²) in [4.78, 5) is 0. The van der Waals surface area contributed by atoms with E-state index in [0.717, 1.165) is 30.2 Å². The molecule has 3 heteroatoms. The van der Waals surface area contributed by atoms with E-state index in [2.05, 4.69) is 83.7 Å². The Balaban J connectivity index is 1.76. The molecular formula is C24H23N3. The van der Waals surface area contributed by atoms with Crippen LogP contribution in [-0.2, 0) is 6.42 Å². The first-order chi connectivity index (χ1) is 13.3. The lowest BCUT2D eigenvalue weighted by Gasteiger charge is -2.09. The second-order valence-electron chi connectivity index (χ2n) is 7.33. The first-order valence-corrected chi connectivity index (χ1v) is 9.72. The van der Waals surface area contributed by atoms with Crippen LogP contribution in [0.1, 0.15) is 24.0 Å². The number of aryl methyl sites for hydroxylation is 1. The molecule has 3 aromatic carbocycles. The summed E-state index contributed by atoms with van der Waals surface area (Å²) >= 11 is 0. The number of rotatable bonds is 2. The van der Waals surface area contributed by atoms with Gasteiger partial charge in [-0.2, -0.15) is 5.10 Å². The van der Waals surface area contributed by atoms with Gasteiger partial charge < -0.3 is 5.32 Å². The van der Waals surface area contributed by atoms with Crippen molar-refractivity contribution in [2.75, 3.05) is 11.9 Å². The van der Waals surface area contributed by atoms with E-state index in [-0.39, 0.29) is 0 Å². The number of hydrogen-bond donors (Lipinski definition) is 1. The SMILES string of the molecule is Cc1ccc(-n2nc(-c3cccc4ccccc34)c3c2NCCCC3)cc1. The van der Waals surface area contributed by atoms with E-state index in [0.29, 0.717) is 0 Å².